The van der Waals surface area contributed by atoms with Gasteiger partial charge in [0.05, 0.1) is 6.61 Å². The Morgan fingerprint density at radius 2 is 2.25 bits per heavy atom. The molecule has 0 aliphatic carbocycles. The second kappa shape index (κ2) is 4.26. The van der Waals surface area contributed by atoms with Gasteiger partial charge in [-0.3, -0.25) is 10.1 Å². The fourth-order valence-corrected chi connectivity index (χ4v) is 0.235. The fourth-order valence-electron chi connectivity index (χ4n) is 0.235. The number of hydrogen-bond acceptors (Lipinski definition) is 3. The highest BCUT2D eigenvalue weighted by Crippen LogP contribution is 1.71. The average molecular weight is 117 g/mol. The summed E-state index contributed by atoms with van der Waals surface area (Å²) in [6.07, 6.45) is 2.64. The lowest BCUT2D eigenvalue weighted by atomic mass is 10.5. The Hall–Kier alpha value is -0.900. The van der Waals surface area contributed by atoms with E-state index in [1.54, 1.807) is 0 Å². The minimum atomic E-state index is -0.466. The maximum absolute atomic E-state index is 9.55. The zero-order valence-electron chi connectivity index (χ0n) is 4.28. The quantitative estimate of drug-likeness (QED) is 0.316. The number of aliphatic hydroxyl groups is 1. The van der Waals surface area contributed by atoms with E-state index in [1.165, 1.54) is 12.2 Å². The van der Waals surface area contributed by atoms with Gasteiger partial charge in [-0.25, -0.2) is 0 Å². The second-order valence-corrected chi connectivity index (χ2v) is 1.17. The highest BCUT2D eigenvalue weighted by Gasteiger charge is 1.84. The number of hydrogen-bond donors (Lipinski definition) is 1. The van der Waals surface area contributed by atoms with Gasteiger partial charge in [0.2, 0.25) is 6.54 Å². The van der Waals surface area contributed by atoms with Gasteiger partial charge in [0.15, 0.2) is 0 Å². The monoisotopic (exact) mass is 117 g/mol. The molecule has 4 heteroatoms. The van der Waals surface area contributed by atoms with Crippen molar-refractivity contribution in [1.29, 1.82) is 0 Å². The van der Waals surface area contributed by atoms with Crippen LogP contribution < -0.4 is 0 Å². The van der Waals surface area contributed by atoms with E-state index >= 15 is 0 Å². The van der Waals surface area contributed by atoms with Crippen molar-refractivity contribution in [3.63, 3.8) is 0 Å². The van der Waals surface area contributed by atoms with Crippen LogP contribution in [0.5, 0.6) is 0 Å². The van der Waals surface area contributed by atoms with Gasteiger partial charge in [-0.05, 0) is 6.08 Å². The van der Waals surface area contributed by atoms with Gasteiger partial charge in [0.25, 0.3) is 0 Å². The molecule has 0 saturated carbocycles. The molecule has 0 bridgehead atoms. The summed E-state index contributed by atoms with van der Waals surface area (Å²) >= 11 is 0. The first-order valence-electron chi connectivity index (χ1n) is 2.15. The van der Waals surface area contributed by atoms with Crippen molar-refractivity contribution < 1.29 is 10.0 Å². The fraction of sp³-hybridized carbons (Fsp3) is 0.500. The molecule has 0 aliphatic heterocycles. The van der Waals surface area contributed by atoms with E-state index < -0.39 is 4.92 Å². The molecule has 0 spiro atoms. The van der Waals surface area contributed by atoms with E-state index in [0.717, 1.165) is 0 Å². The SMILES string of the molecule is O=[N+]([O-])CC=CCO. The Balaban J connectivity index is 3.16. The molecule has 1 N–H and O–H groups in total. The topological polar surface area (TPSA) is 63.4 Å². The van der Waals surface area contributed by atoms with E-state index in [4.69, 9.17) is 5.11 Å². The lowest BCUT2D eigenvalue weighted by Crippen LogP contribution is -1.95. The van der Waals surface area contributed by atoms with E-state index in [9.17, 15) is 10.1 Å². The Kier molecular flexibility index (Phi) is 3.78. The largest absolute Gasteiger partial charge is 0.392 e. The molecule has 46 valence electrons. The molecule has 0 radical (unpaired) electrons. The summed E-state index contributed by atoms with van der Waals surface area (Å²) in [7, 11) is 0. The molecule has 0 atom stereocenters. The molecule has 0 unspecified atom stereocenters. The molecule has 4 nitrogen and oxygen atoms in total. The van der Waals surface area contributed by atoms with Crippen LogP contribution in [0.3, 0.4) is 0 Å². The number of rotatable bonds is 3. The van der Waals surface area contributed by atoms with Crippen LogP contribution in [0.4, 0.5) is 0 Å². The van der Waals surface area contributed by atoms with Gasteiger partial charge in [0.1, 0.15) is 0 Å². The van der Waals surface area contributed by atoms with Crippen molar-refractivity contribution in [2.75, 3.05) is 13.2 Å². The zero-order valence-corrected chi connectivity index (χ0v) is 4.28. The molecule has 0 fully saturated rings. The molecule has 0 aromatic carbocycles. The van der Waals surface area contributed by atoms with Crippen molar-refractivity contribution in [3.05, 3.63) is 22.3 Å². The highest BCUT2D eigenvalue weighted by molar-refractivity contribution is 4.79. The van der Waals surface area contributed by atoms with Gasteiger partial charge < -0.3 is 5.11 Å². The molecule has 0 aromatic rings. The normalized spacial score (nSPS) is 10.1. The predicted octanol–water partition coefficient (Wildman–Crippen LogP) is -0.188. The molecule has 0 saturated heterocycles. The molecule has 0 aliphatic rings. The van der Waals surface area contributed by atoms with E-state index in [2.05, 4.69) is 0 Å². The maximum atomic E-state index is 9.55. The maximum Gasteiger partial charge on any atom is 0.222 e. The Labute approximate surface area is 46.6 Å². The first-order chi connectivity index (χ1) is 3.77. The number of nitro groups is 1. The molecular formula is C4H7NO3. The van der Waals surface area contributed by atoms with Crippen molar-refractivity contribution in [2.45, 2.75) is 0 Å². The third-order valence-electron chi connectivity index (χ3n) is 0.527. The van der Waals surface area contributed by atoms with Gasteiger partial charge in [0, 0.05) is 4.92 Å². The van der Waals surface area contributed by atoms with E-state index in [0.29, 0.717) is 0 Å². The van der Waals surface area contributed by atoms with Crippen LogP contribution in [-0.2, 0) is 0 Å². The van der Waals surface area contributed by atoms with Crippen LogP contribution in [0, 0.1) is 10.1 Å². The lowest BCUT2D eigenvalue weighted by Gasteiger charge is -1.80. The van der Waals surface area contributed by atoms with Crippen LogP contribution in [0.25, 0.3) is 0 Å². The Morgan fingerprint density at radius 3 is 2.62 bits per heavy atom. The van der Waals surface area contributed by atoms with Crippen molar-refractivity contribution in [2.24, 2.45) is 0 Å². The standard InChI is InChI=1S/C4H7NO3/c6-4-2-1-3-5(7)8/h1-2,6H,3-4H2. The van der Waals surface area contributed by atoms with E-state index in [-0.39, 0.29) is 13.2 Å². The third-order valence-corrected chi connectivity index (χ3v) is 0.527. The first kappa shape index (κ1) is 7.10. The Morgan fingerprint density at radius 1 is 1.62 bits per heavy atom. The third kappa shape index (κ3) is 5.10. The summed E-state index contributed by atoms with van der Waals surface area (Å²) in [6.45, 7) is -0.339. The summed E-state index contributed by atoms with van der Waals surface area (Å²) in [6, 6.07) is 0. The summed E-state index contributed by atoms with van der Waals surface area (Å²) in [5.74, 6) is 0. The van der Waals surface area contributed by atoms with Gasteiger partial charge >= 0.3 is 0 Å². The van der Waals surface area contributed by atoms with Crippen LogP contribution in [0.1, 0.15) is 0 Å². The lowest BCUT2D eigenvalue weighted by molar-refractivity contribution is -0.468. The molecule has 8 heavy (non-hydrogen) atoms. The average Bonchev–Trinajstić information content (AvgIpc) is 1.66. The predicted molar refractivity (Wildman–Crippen MR) is 28.1 cm³/mol. The van der Waals surface area contributed by atoms with Crippen molar-refractivity contribution in [1.82, 2.24) is 0 Å². The van der Waals surface area contributed by atoms with Crippen molar-refractivity contribution >= 4 is 0 Å². The minimum absolute atomic E-state index is 0.131. The first-order valence-corrected chi connectivity index (χ1v) is 2.15. The van der Waals surface area contributed by atoms with Crippen molar-refractivity contribution in [3.8, 4) is 0 Å². The van der Waals surface area contributed by atoms with Crippen LogP contribution >= 0.6 is 0 Å². The summed E-state index contributed by atoms with van der Waals surface area (Å²) in [5.41, 5.74) is 0. The summed E-state index contributed by atoms with van der Waals surface area (Å²) < 4.78 is 0. The molecule has 0 amide bonds. The Bertz CT molecular complexity index is 99.5. The minimum Gasteiger partial charge on any atom is -0.392 e. The molecule has 0 aromatic heterocycles. The second-order valence-electron chi connectivity index (χ2n) is 1.17. The van der Waals surface area contributed by atoms with E-state index in [1.807, 2.05) is 0 Å². The smallest absolute Gasteiger partial charge is 0.222 e. The number of aliphatic hydroxyl groups excluding tert-OH is 1. The molecule has 0 heterocycles. The van der Waals surface area contributed by atoms with Crippen LogP contribution in [0.2, 0.25) is 0 Å². The number of nitrogens with zero attached hydrogens (tertiary/aromatic N) is 1. The zero-order chi connectivity index (χ0) is 6.41. The van der Waals surface area contributed by atoms with Gasteiger partial charge in [-0.2, -0.15) is 0 Å². The summed E-state index contributed by atoms with van der Waals surface area (Å²) in [4.78, 5) is 9.08. The molecule has 0 rings (SSSR count). The van der Waals surface area contributed by atoms with Gasteiger partial charge in [-0.15, -0.1) is 0 Å². The summed E-state index contributed by atoms with van der Waals surface area (Å²) in [5, 5.41) is 17.6. The van der Waals surface area contributed by atoms with Crippen LogP contribution in [0.15, 0.2) is 12.2 Å². The highest BCUT2D eigenvalue weighted by atomic mass is 16.6. The molecular weight excluding hydrogens is 110 g/mol. The van der Waals surface area contributed by atoms with Crippen LogP contribution in [-0.4, -0.2) is 23.2 Å². The van der Waals surface area contributed by atoms with Gasteiger partial charge in [-0.1, -0.05) is 6.08 Å².